The Morgan fingerprint density at radius 3 is 2.60 bits per heavy atom. The third-order valence-corrected chi connectivity index (χ3v) is 4.60. The first kappa shape index (κ1) is 17.5. The number of likely N-dealkylation sites (tertiary alicyclic amines) is 1. The quantitative estimate of drug-likeness (QED) is 0.855. The number of rotatable bonds is 5. The molecule has 1 fully saturated rings. The zero-order valence-corrected chi connectivity index (χ0v) is 14.5. The van der Waals surface area contributed by atoms with Gasteiger partial charge in [-0.05, 0) is 37.1 Å². The number of carbonyl (C=O) groups excluding carboxylic acids is 2. The largest absolute Gasteiger partial charge is 0.451 e. The molecule has 1 aromatic carbocycles. The molecule has 3 N–H and O–H groups in total. The molecule has 1 saturated heterocycles. The van der Waals surface area contributed by atoms with Crippen molar-refractivity contribution < 1.29 is 14.0 Å². The summed E-state index contributed by atoms with van der Waals surface area (Å²) in [5, 5.41) is 3.55. The van der Waals surface area contributed by atoms with Crippen molar-refractivity contribution in [1.29, 1.82) is 0 Å². The highest BCUT2D eigenvalue weighted by atomic mass is 35.5. The van der Waals surface area contributed by atoms with Crippen molar-refractivity contribution in [2.45, 2.75) is 18.9 Å². The van der Waals surface area contributed by atoms with Crippen LogP contribution in [0.3, 0.4) is 0 Å². The zero-order valence-electron chi connectivity index (χ0n) is 13.7. The number of nitrogens with zero attached hydrogens (tertiary/aromatic N) is 1. The summed E-state index contributed by atoms with van der Waals surface area (Å²) in [4.78, 5) is 25.3. The highest BCUT2D eigenvalue weighted by Gasteiger charge is 2.23. The standard InChI is InChI=1S/C18H20ClN3O3/c19-14-4-2-1-3-13(14)15-5-6-16(25-15)18(24)21-12-7-9-22(10-8-12)11-17(20)23/h1-6,12H,7-11H2,(H2,20,23)(H,21,24). The van der Waals surface area contributed by atoms with Crippen molar-refractivity contribution >= 4 is 23.4 Å². The van der Waals surface area contributed by atoms with E-state index >= 15 is 0 Å². The second-order valence-electron chi connectivity index (χ2n) is 6.13. The molecule has 25 heavy (non-hydrogen) atoms. The highest BCUT2D eigenvalue weighted by Crippen LogP contribution is 2.29. The van der Waals surface area contributed by atoms with Crippen molar-refractivity contribution in [3.05, 3.63) is 47.2 Å². The lowest BCUT2D eigenvalue weighted by molar-refractivity contribution is -0.119. The number of primary amides is 1. The van der Waals surface area contributed by atoms with Crippen molar-refractivity contribution in [3.8, 4) is 11.3 Å². The Bertz CT molecular complexity index is 766. The van der Waals surface area contributed by atoms with Crippen LogP contribution in [0.4, 0.5) is 0 Å². The van der Waals surface area contributed by atoms with Crippen LogP contribution in [0, 0.1) is 0 Å². The summed E-state index contributed by atoms with van der Waals surface area (Å²) in [5.74, 6) is 0.248. The number of nitrogens with two attached hydrogens (primary N) is 1. The minimum atomic E-state index is -0.329. The van der Waals surface area contributed by atoms with Gasteiger partial charge in [0.2, 0.25) is 5.91 Å². The molecular formula is C18H20ClN3O3. The Morgan fingerprint density at radius 1 is 1.20 bits per heavy atom. The van der Waals surface area contributed by atoms with Crippen molar-refractivity contribution in [3.63, 3.8) is 0 Å². The van der Waals surface area contributed by atoms with Gasteiger partial charge in [-0.1, -0.05) is 23.7 Å². The fraction of sp³-hybridized carbons (Fsp3) is 0.333. The molecule has 3 rings (SSSR count). The summed E-state index contributed by atoms with van der Waals surface area (Å²) in [5.41, 5.74) is 5.96. The number of furan rings is 1. The molecule has 0 bridgehead atoms. The van der Waals surface area contributed by atoms with Crippen LogP contribution in [0.1, 0.15) is 23.4 Å². The number of carbonyl (C=O) groups is 2. The summed E-state index contributed by atoms with van der Waals surface area (Å²) >= 11 is 6.15. The molecular weight excluding hydrogens is 342 g/mol. The molecule has 0 atom stereocenters. The normalized spacial score (nSPS) is 15.9. The van der Waals surface area contributed by atoms with E-state index in [1.165, 1.54) is 0 Å². The molecule has 2 heterocycles. The highest BCUT2D eigenvalue weighted by molar-refractivity contribution is 6.33. The van der Waals surface area contributed by atoms with E-state index in [0.29, 0.717) is 10.8 Å². The van der Waals surface area contributed by atoms with Crippen LogP contribution in [0.15, 0.2) is 40.8 Å². The van der Waals surface area contributed by atoms with E-state index in [4.69, 9.17) is 21.8 Å². The first-order chi connectivity index (χ1) is 12.0. The third-order valence-electron chi connectivity index (χ3n) is 4.27. The number of piperidine rings is 1. The van der Waals surface area contributed by atoms with Crippen molar-refractivity contribution in [2.75, 3.05) is 19.6 Å². The van der Waals surface area contributed by atoms with Gasteiger partial charge in [0.05, 0.1) is 11.6 Å². The van der Waals surface area contributed by atoms with Gasteiger partial charge >= 0.3 is 0 Å². The number of halogens is 1. The number of amides is 2. The van der Waals surface area contributed by atoms with E-state index in [9.17, 15) is 9.59 Å². The monoisotopic (exact) mass is 361 g/mol. The molecule has 1 aromatic heterocycles. The van der Waals surface area contributed by atoms with Gasteiger partial charge in [0.1, 0.15) is 5.76 Å². The van der Waals surface area contributed by atoms with Crippen LogP contribution in [-0.2, 0) is 4.79 Å². The fourth-order valence-corrected chi connectivity index (χ4v) is 3.21. The molecule has 1 aliphatic heterocycles. The Hall–Kier alpha value is -2.31. The van der Waals surface area contributed by atoms with Crippen LogP contribution in [0.25, 0.3) is 11.3 Å². The maximum absolute atomic E-state index is 12.4. The maximum atomic E-state index is 12.4. The van der Waals surface area contributed by atoms with Gasteiger partial charge in [-0.3, -0.25) is 14.5 Å². The van der Waals surface area contributed by atoms with Crippen LogP contribution in [-0.4, -0.2) is 42.4 Å². The lowest BCUT2D eigenvalue weighted by Crippen LogP contribution is -2.46. The summed E-state index contributed by atoms with van der Waals surface area (Å²) in [6, 6.07) is 10.8. The zero-order chi connectivity index (χ0) is 17.8. The molecule has 1 aliphatic rings. The minimum Gasteiger partial charge on any atom is -0.451 e. The smallest absolute Gasteiger partial charge is 0.287 e. The molecule has 132 valence electrons. The van der Waals surface area contributed by atoms with E-state index < -0.39 is 0 Å². The maximum Gasteiger partial charge on any atom is 0.287 e. The number of hydrogen-bond acceptors (Lipinski definition) is 4. The molecule has 6 nitrogen and oxygen atoms in total. The van der Waals surface area contributed by atoms with E-state index in [1.807, 2.05) is 23.1 Å². The fourth-order valence-electron chi connectivity index (χ4n) is 2.98. The molecule has 0 saturated carbocycles. The van der Waals surface area contributed by atoms with Crippen LogP contribution < -0.4 is 11.1 Å². The second kappa shape index (κ2) is 7.72. The predicted molar refractivity (Wildman–Crippen MR) is 95.3 cm³/mol. The first-order valence-corrected chi connectivity index (χ1v) is 8.57. The SMILES string of the molecule is NC(=O)CN1CCC(NC(=O)c2ccc(-c3ccccc3Cl)o2)CC1. The molecule has 2 aromatic rings. The minimum absolute atomic E-state index is 0.0606. The van der Waals surface area contributed by atoms with Gasteiger partial charge in [-0.2, -0.15) is 0 Å². The lowest BCUT2D eigenvalue weighted by Gasteiger charge is -2.31. The molecule has 0 spiro atoms. The lowest BCUT2D eigenvalue weighted by atomic mass is 10.0. The Balaban J connectivity index is 1.58. The molecule has 2 amide bonds. The average molecular weight is 362 g/mol. The van der Waals surface area contributed by atoms with Crippen molar-refractivity contribution in [1.82, 2.24) is 10.2 Å². The third kappa shape index (κ3) is 4.41. The summed E-state index contributed by atoms with van der Waals surface area (Å²) < 4.78 is 5.66. The molecule has 0 aliphatic carbocycles. The van der Waals surface area contributed by atoms with E-state index in [0.717, 1.165) is 31.5 Å². The topological polar surface area (TPSA) is 88.6 Å². The van der Waals surface area contributed by atoms with Gasteiger partial charge in [0.15, 0.2) is 5.76 Å². The summed E-state index contributed by atoms with van der Waals surface area (Å²) in [6.07, 6.45) is 1.55. The van der Waals surface area contributed by atoms with Gasteiger partial charge in [0.25, 0.3) is 5.91 Å². The van der Waals surface area contributed by atoms with Gasteiger partial charge in [-0.15, -0.1) is 0 Å². The van der Waals surface area contributed by atoms with Crippen molar-refractivity contribution in [2.24, 2.45) is 5.73 Å². The van der Waals surface area contributed by atoms with E-state index in [2.05, 4.69) is 5.32 Å². The number of nitrogens with one attached hydrogen (secondary N) is 1. The Morgan fingerprint density at radius 2 is 1.92 bits per heavy atom. The van der Waals surface area contributed by atoms with E-state index in [-0.39, 0.29) is 30.2 Å². The summed E-state index contributed by atoms with van der Waals surface area (Å²) in [6.45, 7) is 1.73. The first-order valence-electron chi connectivity index (χ1n) is 8.19. The second-order valence-corrected chi connectivity index (χ2v) is 6.54. The predicted octanol–water partition coefficient (Wildman–Crippen LogP) is 2.28. The van der Waals surface area contributed by atoms with E-state index in [1.54, 1.807) is 18.2 Å². The molecule has 0 radical (unpaired) electrons. The van der Waals surface area contributed by atoms with Gasteiger partial charge in [-0.25, -0.2) is 0 Å². The van der Waals surface area contributed by atoms with Crippen LogP contribution in [0.2, 0.25) is 5.02 Å². The van der Waals surface area contributed by atoms with Crippen LogP contribution in [0.5, 0.6) is 0 Å². The molecule has 7 heteroatoms. The van der Waals surface area contributed by atoms with Crippen LogP contribution >= 0.6 is 11.6 Å². The Labute approximate surface area is 150 Å². The summed E-state index contributed by atoms with van der Waals surface area (Å²) in [7, 11) is 0. The average Bonchev–Trinajstić information content (AvgIpc) is 3.06. The van der Waals surface area contributed by atoms with Gasteiger partial charge < -0.3 is 15.5 Å². The molecule has 0 unspecified atom stereocenters. The number of hydrogen-bond donors (Lipinski definition) is 2. The van der Waals surface area contributed by atoms with Gasteiger partial charge in [0, 0.05) is 24.7 Å². The number of benzene rings is 1. The Kier molecular flexibility index (Phi) is 5.40.